The quantitative estimate of drug-likeness (QED) is 0.743. The molecule has 1 unspecified atom stereocenters. The van der Waals surface area contributed by atoms with Crippen LogP contribution in [0, 0.1) is 0 Å². The highest BCUT2D eigenvalue weighted by Crippen LogP contribution is 2.20. The number of hydrogen-bond acceptors (Lipinski definition) is 3. The minimum Gasteiger partial charge on any atom is -0.481 e. The van der Waals surface area contributed by atoms with Crippen molar-refractivity contribution in [3.05, 3.63) is 54.2 Å². The van der Waals surface area contributed by atoms with E-state index in [1.54, 1.807) is 13.1 Å². The second kappa shape index (κ2) is 6.74. The number of carbonyl (C=O) groups excluding carboxylic acids is 1. The molecular weight excluding hydrogens is 302 g/mol. The van der Waals surface area contributed by atoms with Gasteiger partial charge in [-0.15, -0.1) is 0 Å². The lowest BCUT2D eigenvalue weighted by atomic mass is 10.0. The fourth-order valence-electron chi connectivity index (χ4n) is 2.45. The summed E-state index contributed by atoms with van der Waals surface area (Å²) < 4.78 is 5.72. The van der Waals surface area contributed by atoms with Crippen LogP contribution in [0.15, 0.2) is 48.7 Å². The number of aromatic nitrogens is 2. The van der Waals surface area contributed by atoms with E-state index >= 15 is 0 Å². The third-order valence-corrected chi connectivity index (χ3v) is 3.94. The van der Waals surface area contributed by atoms with Crippen LogP contribution in [0.25, 0.3) is 10.9 Å². The summed E-state index contributed by atoms with van der Waals surface area (Å²) in [6.45, 7) is 6.02. The summed E-state index contributed by atoms with van der Waals surface area (Å²) >= 11 is 0. The number of nitrogens with zero attached hydrogens (tertiary/aromatic N) is 1. The molecule has 124 valence electrons. The number of aromatic amines is 1. The number of carbonyl (C=O) groups is 1. The molecule has 0 aliphatic rings. The summed E-state index contributed by atoms with van der Waals surface area (Å²) in [6.07, 6.45) is 1.15. The second-order valence-electron chi connectivity index (χ2n) is 6.15. The van der Waals surface area contributed by atoms with Gasteiger partial charge in [-0.05, 0) is 48.7 Å². The predicted octanol–water partition coefficient (Wildman–Crippen LogP) is 4.09. The summed E-state index contributed by atoms with van der Waals surface area (Å²) in [4.78, 5) is 12.3. The molecule has 0 fully saturated rings. The minimum absolute atomic E-state index is 0.193. The van der Waals surface area contributed by atoms with Crippen LogP contribution < -0.4 is 10.1 Å². The molecule has 3 aromatic rings. The lowest BCUT2D eigenvalue weighted by molar-refractivity contribution is -0.122. The van der Waals surface area contributed by atoms with Gasteiger partial charge >= 0.3 is 0 Å². The van der Waals surface area contributed by atoms with Crippen LogP contribution in [-0.2, 0) is 4.79 Å². The summed E-state index contributed by atoms with van der Waals surface area (Å²) in [6, 6.07) is 13.5. The third kappa shape index (κ3) is 3.56. The SMILES string of the molecule is CC(Oc1ccc(C(C)C)cc1)C(=O)Nc1ccc2cn[nH]c2c1. The van der Waals surface area contributed by atoms with E-state index in [9.17, 15) is 4.79 Å². The Kier molecular flexibility index (Phi) is 4.51. The first-order chi connectivity index (χ1) is 11.5. The van der Waals surface area contributed by atoms with Crippen LogP contribution in [0.3, 0.4) is 0 Å². The standard InChI is InChI=1S/C19H21N3O2/c1-12(2)14-5-8-17(9-6-14)24-13(3)19(23)21-16-7-4-15-11-20-22-18(15)10-16/h4-13H,1-3H3,(H,20,22)(H,21,23). The Morgan fingerprint density at radius 3 is 2.58 bits per heavy atom. The predicted molar refractivity (Wildman–Crippen MR) is 95.3 cm³/mol. The first-order valence-electron chi connectivity index (χ1n) is 8.03. The molecule has 0 radical (unpaired) electrons. The maximum atomic E-state index is 12.3. The van der Waals surface area contributed by atoms with E-state index in [0.717, 1.165) is 10.9 Å². The van der Waals surface area contributed by atoms with Crippen LogP contribution in [0.4, 0.5) is 5.69 Å². The molecule has 5 nitrogen and oxygen atoms in total. The molecule has 0 aliphatic carbocycles. The summed E-state index contributed by atoms with van der Waals surface area (Å²) in [5, 5.41) is 10.7. The number of amides is 1. The zero-order valence-corrected chi connectivity index (χ0v) is 14.0. The Morgan fingerprint density at radius 1 is 1.12 bits per heavy atom. The monoisotopic (exact) mass is 323 g/mol. The van der Waals surface area contributed by atoms with E-state index in [4.69, 9.17) is 4.74 Å². The molecule has 0 saturated heterocycles. The maximum absolute atomic E-state index is 12.3. The smallest absolute Gasteiger partial charge is 0.265 e. The first kappa shape index (κ1) is 16.1. The van der Waals surface area contributed by atoms with Crippen molar-refractivity contribution in [1.29, 1.82) is 0 Å². The van der Waals surface area contributed by atoms with Gasteiger partial charge in [0.05, 0.1) is 11.7 Å². The number of H-pyrrole nitrogens is 1. The van der Waals surface area contributed by atoms with Crippen LogP contribution in [0.5, 0.6) is 5.75 Å². The van der Waals surface area contributed by atoms with Crippen molar-refractivity contribution in [2.45, 2.75) is 32.8 Å². The van der Waals surface area contributed by atoms with Crippen LogP contribution in [0.2, 0.25) is 0 Å². The molecule has 2 aromatic carbocycles. The molecule has 1 heterocycles. The van der Waals surface area contributed by atoms with Crippen molar-refractivity contribution in [2.75, 3.05) is 5.32 Å². The number of anilines is 1. The Bertz CT molecular complexity index is 837. The number of nitrogens with one attached hydrogen (secondary N) is 2. The lowest BCUT2D eigenvalue weighted by Gasteiger charge is -2.15. The number of fused-ring (bicyclic) bond motifs is 1. The Balaban J connectivity index is 1.63. The number of rotatable bonds is 5. The molecule has 24 heavy (non-hydrogen) atoms. The summed E-state index contributed by atoms with van der Waals surface area (Å²) in [5.41, 5.74) is 2.83. The topological polar surface area (TPSA) is 67.0 Å². The Labute approximate surface area is 141 Å². The number of benzene rings is 2. The normalized spacial score (nSPS) is 12.3. The fourth-order valence-corrected chi connectivity index (χ4v) is 2.45. The average Bonchev–Trinajstić information content (AvgIpc) is 3.03. The van der Waals surface area contributed by atoms with Gasteiger partial charge in [-0.3, -0.25) is 9.89 Å². The molecule has 0 bridgehead atoms. The number of hydrogen-bond donors (Lipinski definition) is 2. The number of ether oxygens (including phenoxy) is 1. The van der Waals surface area contributed by atoms with E-state index in [-0.39, 0.29) is 5.91 Å². The molecule has 1 aromatic heterocycles. The van der Waals surface area contributed by atoms with E-state index < -0.39 is 6.10 Å². The lowest BCUT2D eigenvalue weighted by Crippen LogP contribution is -2.30. The van der Waals surface area contributed by atoms with Gasteiger partial charge in [-0.25, -0.2) is 0 Å². The van der Waals surface area contributed by atoms with Gasteiger partial charge in [0.1, 0.15) is 5.75 Å². The van der Waals surface area contributed by atoms with Gasteiger partial charge in [0.15, 0.2) is 6.10 Å². The Morgan fingerprint density at radius 2 is 1.88 bits per heavy atom. The second-order valence-corrected chi connectivity index (χ2v) is 6.15. The first-order valence-corrected chi connectivity index (χ1v) is 8.03. The minimum atomic E-state index is -0.590. The molecule has 3 rings (SSSR count). The molecule has 1 atom stereocenters. The van der Waals surface area contributed by atoms with Gasteiger partial charge in [-0.2, -0.15) is 5.10 Å². The average molecular weight is 323 g/mol. The molecule has 0 saturated carbocycles. The van der Waals surface area contributed by atoms with Gasteiger partial charge in [-0.1, -0.05) is 26.0 Å². The van der Waals surface area contributed by atoms with Gasteiger partial charge in [0, 0.05) is 11.1 Å². The van der Waals surface area contributed by atoms with E-state index in [1.165, 1.54) is 5.56 Å². The molecule has 0 spiro atoms. The highest BCUT2D eigenvalue weighted by molar-refractivity contribution is 5.96. The van der Waals surface area contributed by atoms with Crippen molar-refractivity contribution >= 4 is 22.5 Å². The van der Waals surface area contributed by atoms with E-state index in [0.29, 0.717) is 17.4 Å². The van der Waals surface area contributed by atoms with E-state index in [2.05, 4.69) is 29.4 Å². The highest BCUT2D eigenvalue weighted by atomic mass is 16.5. The fraction of sp³-hybridized carbons (Fsp3) is 0.263. The van der Waals surface area contributed by atoms with Crippen LogP contribution in [0.1, 0.15) is 32.3 Å². The van der Waals surface area contributed by atoms with Crippen molar-refractivity contribution in [3.63, 3.8) is 0 Å². The summed E-state index contributed by atoms with van der Waals surface area (Å²) in [5.74, 6) is 0.963. The Hall–Kier alpha value is -2.82. The highest BCUT2D eigenvalue weighted by Gasteiger charge is 2.15. The van der Waals surface area contributed by atoms with Gasteiger partial charge in [0.25, 0.3) is 5.91 Å². The third-order valence-electron chi connectivity index (χ3n) is 3.94. The zero-order valence-electron chi connectivity index (χ0n) is 14.0. The molecular formula is C19H21N3O2. The molecule has 0 aliphatic heterocycles. The summed E-state index contributed by atoms with van der Waals surface area (Å²) in [7, 11) is 0. The molecule has 1 amide bonds. The maximum Gasteiger partial charge on any atom is 0.265 e. The van der Waals surface area contributed by atoms with Crippen molar-refractivity contribution in [2.24, 2.45) is 0 Å². The van der Waals surface area contributed by atoms with Crippen molar-refractivity contribution in [1.82, 2.24) is 10.2 Å². The zero-order chi connectivity index (χ0) is 17.1. The van der Waals surface area contributed by atoms with Crippen molar-refractivity contribution in [3.8, 4) is 5.75 Å². The molecule has 5 heteroatoms. The molecule has 2 N–H and O–H groups in total. The van der Waals surface area contributed by atoms with E-state index in [1.807, 2.05) is 42.5 Å². The largest absolute Gasteiger partial charge is 0.481 e. The van der Waals surface area contributed by atoms with Crippen molar-refractivity contribution < 1.29 is 9.53 Å². The van der Waals surface area contributed by atoms with Crippen LogP contribution in [-0.4, -0.2) is 22.2 Å². The van der Waals surface area contributed by atoms with Gasteiger partial charge < -0.3 is 10.1 Å². The van der Waals surface area contributed by atoms with Gasteiger partial charge in [0.2, 0.25) is 0 Å². The van der Waals surface area contributed by atoms with Crippen LogP contribution >= 0.6 is 0 Å².